The molecule has 0 aliphatic carbocycles. The third-order valence-electron chi connectivity index (χ3n) is 4.73. The van der Waals surface area contributed by atoms with Crippen molar-refractivity contribution in [1.82, 2.24) is 4.90 Å². The molecule has 2 aromatic rings. The number of carbonyl (C=O) groups is 2. The molecule has 0 spiro atoms. The molecular formula is C21H23ClN2O7S. The number of amides is 1. The first-order valence-corrected chi connectivity index (χ1v) is 11.7. The van der Waals surface area contributed by atoms with Gasteiger partial charge in [-0.15, -0.1) is 0 Å². The van der Waals surface area contributed by atoms with Gasteiger partial charge in [0.1, 0.15) is 5.75 Å². The van der Waals surface area contributed by atoms with E-state index in [1.54, 1.807) is 11.8 Å². The minimum atomic E-state index is -4.09. The van der Waals surface area contributed by atoms with Crippen molar-refractivity contribution >= 4 is 39.2 Å². The molecule has 9 nitrogen and oxygen atoms in total. The smallest absolute Gasteiger partial charge is 0.338 e. The molecule has 1 aliphatic rings. The summed E-state index contributed by atoms with van der Waals surface area (Å²) >= 11 is 6.17. The van der Waals surface area contributed by atoms with E-state index in [0.29, 0.717) is 26.3 Å². The highest BCUT2D eigenvalue weighted by Gasteiger charge is 2.25. The lowest BCUT2D eigenvalue weighted by Gasteiger charge is -2.27. The molecule has 11 heteroatoms. The fourth-order valence-electron chi connectivity index (χ4n) is 3.10. The fraction of sp³-hybridized carbons (Fsp3) is 0.333. The topological polar surface area (TPSA) is 111 Å². The first kappa shape index (κ1) is 23.8. The normalized spacial score (nSPS) is 14.0. The van der Waals surface area contributed by atoms with Gasteiger partial charge in [0.2, 0.25) is 0 Å². The lowest BCUT2D eigenvalue weighted by molar-refractivity contribution is 0.0300. The van der Waals surface area contributed by atoms with Crippen LogP contribution in [0.1, 0.15) is 27.6 Å². The van der Waals surface area contributed by atoms with Crippen LogP contribution in [-0.4, -0.2) is 65.2 Å². The van der Waals surface area contributed by atoms with Gasteiger partial charge in [-0.3, -0.25) is 9.52 Å². The number of benzene rings is 2. The van der Waals surface area contributed by atoms with Crippen molar-refractivity contribution in [2.45, 2.75) is 11.8 Å². The molecule has 0 unspecified atom stereocenters. The summed E-state index contributed by atoms with van der Waals surface area (Å²) in [5.74, 6) is -0.651. The van der Waals surface area contributed by atoms with Crippen molar-refractivity contribution in [2.75, 3.05) is 44.7 Å². The highest BCUT2D eigenvalue weighted by molar-refractivity contribution is 7.92. The Hall–Kier alpha value is -2.82. The average Bonchev–Trinajstić information content (AvgIpc) is 2.80. The lowest BCUT2D eigenvalue weighted by Crippen LogP contribution is -2.40. The summed E-state index contributed by atoms with van der Waals surface area (Å²) in [5, 5.41) is 0.0252. The number of hydrogen-bond acceptors (Lipinski definition) is 7. The number of morpholine rings is 1. The first-order valence-electron chi connectivity index (χ1n) is 9.81. The Bertz CT molecular complexity index is 1120. The third-order valence-corrected chi connectivity index (χ3v) is 6.41. The molecule has 2 aromatic carbocycles. The van der Waals surface area contributed by atoms with Crippen LogP contribution in [0.4, 0.5) is 5.69 Å². The van der Waals surface area contributed by atoms with Crippen LogP contribution >= 0.6 is 11.6 Å². The standard InChI is InChI=1S/C21H23ClN2O7S/c1-3-31-21(26)14-4-6-18(17(22)12-14)23-32(27,28)15-5-7-19(29-2)16(13-15)20(25)24-8-10-30-11-9-24/h4-7,12-13,23H,3,8-11H2,1-2H3. The maximum absolute atomic E-state index is 13.0. The monoisotopic (exact) mass is 482 g/mol. The number of ether oxygens (including phenoxy) is 3. The van der Waals surface area contributed by atoms with Crippen LogP contribution in [0.15, 0.2) is 41.3 Å². The Labute approximate surface area is 191 Å². The zero-order valence-corrected chi connectivity index (χ0v) is 19.2. The van der Waals surface area contributed by atoms with Crippen LogP contribution in [0, 0.1) is 0 Å². The van der Waals surface area contributed by atoms with E-state index in [0.717, 1.165) is 0 Å². The van der Waals surface area contributed by atoms with E-state index < -0.39 is 16.0 Å². The zero-order chi connectivity index (χ0) is 23.3. The summed E-state index contributed by atoms with van der Waals surface area (Å²) in [6.45, 7) is 3.50. The number of nitrogens with zero attached hydrogens (tertiary/aromatic N) is 1. The van der Waals surface area contributed by atoms with E-state index in [4.69, 9.17) is 25.8 Å². The molecule has 0 radical (unpaired) electrons. The Morgan fingerprint density at radius 2 is 1.88 bits per heavy atom. The van der Waals surface area contributed by atoms with Crippen LogP contribution in [-0.2, 0) is 19.5 Å². The quantitative estimate of drug-likeness (QED) is 0.604. The van der Waals surface area contributed by atoms with E-state index in [1.807, 2.05) is 0 Å². The summed E-state index contributed by atoms with van der Waals surface area (Å²) in [6, 6.07) is 8.11. The number of sulfonamides is 1. The van der Waals surface area contributed by atoms with E-state index in [1.165, 1.54) is 43.5 Å². The number of rotatable bonds is 7. The number of esters is 1. The summed E-state index contributed by atoms with van der Waals surface area (Å²) < 4.78 is 43.8. The van der Waals surface area contributed by atoms with E-state index in [-0.39, 0.29) is 45.0 Å². The number of methoxy groups -OCH3 is 1. The maximum Gasteiger partial charge on any atom is 0.338 e. The van der Waals surface area contributed by atoms with Gasteiger partial charge in [0.25, 0.3) is 15.9 Å². The first-order chi connectivity index (χ1) is 15.3. The van der Waals surface area contributed by atoms with Crippen molar-refractivity contribution in [3.63, 3.8) is 0 Å². The van der Waals surface area contributed by atoms with Gasteiger partial charge >= 0.3 is 5.97 Å². The summed E-state index contributed by atoms with van der Waals surface area (Å²) in [7, 11) is -2.69. The zero-order valence-electron chi connectivity index (χ0n) is 17.6. The number of hydrogen-bond donors (Lipinski definition) is 1. The predicted molar refractivity (Wildman–Crippen MR) is 118 cm³/mol. The molecule has 1 saturated heterocycles. The second-order valence-electron chi connectivity index (χ2n) is 6.79. The molecule has 0 bridgehead atoms. The molecule has 1 N–H and O–H groups in total. The largest absolute Gasteiger partial charge is 0.496 e. The summed E-state index contributed by atoms with van der Waals surface area (Å²) in [6.07, 6.45) is 0. The Morgan fingerprint density at radius 3 is 2.50 bits per heavy atom. The highest BCUT2D eigenvalue weighted by Crippen LogP contribution is 2.29. The van der Waals surface area contributed by atoms with E-state index in [2.05, 4.69) is 4.72 Å². The molecule has 32 heavy (non-hydrogen) atoms. The van der Waals surface area contributed by atoms with Gasteiger partial charge in [-0.25, -0.2) is 13.2 Å². The molecule has 1 amide bonds. The summed E-state index contributed by atoms with van der Waals surface area (Å²) in [5.41, 5.74) is 0.403. The molecule has 0 saturated carbocycles. The molecule has 1 aliphatic heterocycles. The van der Waals surface area contributed by atoms with Gasteiger partial charge in [-0.2, -0.15) is 0 Å². The van der Waals surface area contributed by atoms with Crippen molar-refractivity contribution in [3.05, 3.63) is 52.5 Å². The van der Waals surface area contributed by atoms with Crippen LogP contribution in [0.2, 0.25) is 5.02 Å². The van der Waals surface area contributed by atoms with Crippen molar-refractivity contribution < 1.29 is 32.2 Å². The Kier molecular flexibility index (Phi) is 7.60. The number of nitrogens with one attached hydrogen (secondary N) is 1. The van der Waals surface area contributed by atoms with E-state index in [9.17, 15) is 18.0 Å². The minimum absolute atomic E-state index is 0.0252. The molecule has 3 rings (SSSR count). The third kappa shape index (κ3) is 5.32. The van der Waals surface area contributed by atoms with Gasteiger partial charge < -0.3 is 19.1 Å². The van der Waals surface area contributed by atoms with Crippen LogP contribution in [0.3, 0.4) is 0 Å². The van der Waals surface area contributed by atoms with Gasteiger partial charge in [-0.1, -0.05) is 11.6 Å². The number of carbonyl (C=O) groups excluding carboxylic acids is 2. The van der Waals surface area contributed by atoms with Gasteiger partial charge in [0.15, 0.2) is 0 Å². The Balaban J connectivity index is 1.88. The highest BCUT2D eigenvalue weighted by atomic mass is 35.5. The lowest BCUT2D eigenvalue weighted by atomic mass is 10.1. The van der Waals surface area contributed by atoms with E-state index >= 15 is 0 Å². The second kappa shape index (κ2) is 10.2. The number of halogens is 1. The van der Waals surface area contributed by atoms with Crippen molar-refractivity contribution in [2.24, 2.45) is 0 Å². The van der Waals surface area contributed by atoms with Gasteiger partial charge in [-0.05, 0) is 43.3 Å². The molecule has 0 atom stereocenters. The molecule has 0 aromatic heterocycles. The van der Waals surface area contributed by atoms with Gasteiger partial charge in [0, 0.05) is 13.1 Å². The van der Waals surface area contributed by atoms with Crippen molar-refractivity contribution in [3.8, 4) is 5.75 Å². The minimum Gasteiger partial charge on any atom is -0.496 e. The fourth-order valence-corrected chi connectivity index (χ4v) is 4.49. The molecule has 1 fully saturated rings. The predicted octanol–water partition coefficient (Wildman–Crippen LogP) is 2.80. The Morgan fingerprint density at radius 1 is 1.16 bits per heavy atom. The van der Waals surface area contributed by atoms with Crippen molar-refractivity contribution in [1.29, 1.82) is 0 Å². The SMILES string of the molecule is CCOC(=O)c1ccc(NS(=O)(=O)c2ccc(OC)c(C(=O)N3CCOCC3)c2)c(Cl)c1. The second-order valence-corrected chi connectivity index (χ2v) is 8.88. The number of anilines is 1. The molecule has 172 valence electrons. The van der Waals surface area contributed by atoms with Crippen LogP contribution < -0.4 is 9.46 Å². The average molecular weight is 483 g/mol. The molecule has 1 heterocycles. The van der Waals surface area contributed by atoms with Crippen LogP contribution in [0.5, 0.6) is 5.75 Å². The maximum atomic E-state index is 13.0. The summed E-state index contributed by atoms with van der Waals surface area (Å²) in [4.78, 5) is 26.2. The molecular weight excluding hydrogens is 460 g/mol. The van der Waals surface area contributed by atoms with Gasteiger partial charge in [0.05, 0.1) is 53.7 Å². The van der Waals surface area contributed by atoms with Crippen LogP contribution in [0.25, 0.3) is 0 Å².